The topological polar surface area (TPSA) is 64.3 Å². The summed E-state index contributed by atoms with van der Waals surface area (Å²) in [6.07, 6.45) is 2.54. The van der Waals surface area contributed by atoms with Crippen LogP contribution >= 0.6 is 11.3 Å². The minimum Gasteiger partial charge on any atom is -0.462 e. The number of nitrogens with one attached hydrogen (secondary N) is 1. The van der Waals surface area contributed by atoms with Crippen LogP contribution in [0.25, 0.3) is 0 Å². The highest BCUT2D eigenvalue weighted by Crippen LogP contribution is 2.42. The summed E-state index contributed by atoms with van der Waals surface area (Å²) in [7, 11) is 0. The summed E-state index contributed by atoms with van der Waals surface area (Å²) in [5.74, 6) is 0.379. The zero-order chi connectivity index (χ0) is 13.3. The molecule has 1 aliphatic rings. The third-order valence-corrected chi connectivity index (χ3v) is 4.31. The summed E-state index contributed by atoms with van der Waals surface area (Å²) in [5.41, 5.74) is 6.40. The lowest BCUT2D eigenvalue weighted by atomic mass is 9.99. The Morgan fingerprint density at radius 3 is 2.83 bits per heavy atom. The standard InChI is InChI=1S/C13H20N2O2S/c1-4-17-12(16)11-9(14)7-10(18-11)15-13(2,3)8-5-6-8/h7-8,15H,4-6,14H2,1-3H3. The van der Waals surface area contributed by atoms with Crippen molar-refractivity contribution in [1.29, 1.82) is 0 Å². The zero-order valence-corrected chi connectivity index (χ0v) is 11.9. The molecule has 0 atom stereocenters. The van der Waals surface area contributed by atoms with Crippen LogP contribution in [-0.2, 0) is 4.74 Å². The van der Waals surface area contributed by atoms with Gasteiger partial charge in [0.05, 0.1) is 17.3 Å². The average Bonchev–Trinajstić information content (AvgIpc) is 3.05. The minimum atomic E-state index is -0.336. The van der Waals surface area contributed by atoms with Crippen LogP contribution in [0.5, 0.6) is 0 Å². The molecule has 0 bridgehead atoms. The van der Waals surface area contributed by atoms with E-state index in [0.717, 1.165) is 5.00 Å². The first kappa shape index (κ1) is 13.2. The van der Waals surface area contributed by atoms with Crippen LogP contribution < -0.4 is 11.1 Å². The molecule has 5 heteroatoms. The monoisotopic (exact) mass is 268 g/mol. The van der Waals surface area contributed by atoms with Crippen molar-refractivity contribution in [3.63, 3.8) is 0 Å². The second-order valence-electron chi connectivity index (χ2n) is 5.24. The maximum atomic E-state index is 11.7. The Labute approximate surface area is 112 Å². The van der Waals surface area contributed by atoms with Crippen molar-refractivity contribution >= 4 is 28.0 Å². The third-order valence-electron chi connectivity index (χ3n) is 3.26. The van der Waals surface area contributed by atoms with Gasteiger partial charge in [-0.25, -0.2) is 4.79 Å². The van der Waals surface area contributed by atoms with Gasteiger partial charge in [0.15, 0.2) is 0 Å². The maximum Gasteiger partial charge on any atom is 0.350 e. The molecule has 100 valence electrons. The Kier molecular flexibility index (Phi) is 3.52. The smallest absolute Gasteiger partial charge is 0.350 e. The summed E-state index contributed by atoms with van der Waals surface area (Å²) in [6, 6.07) is 1.82. The molecular weight excluding hydrogens is 248 g/mol. The predicted molar refractivity (Wildman–Crippen MR) is 75.1 cm³/mol. The molecule has 0 aliphatic heterocycles. The molecule has 1 aromatic rings. The number of hydrogen-bond acceptors (Lipinski definition) is 5. The van der Waals surface area contributed by atoms with Gasteiger partial charge < -0.3 is 15.8 Å². The number of nitrogens with two attached hydrogens (primary N) is 1. The van der Waals surface area contributed by atoms with Crippen LogP contribution in [-0.4, -0.2) is 18.1 Å². The first-order valence-corrected chi connectivity index (χ1v) is 7.10. The molecule has 1 aromatic heterocycles. The van der Waals surface area contributed by atoms with E-state index < -0.39 is 0 Å². The quantitative estimate of drug-likeness (QED) is 0.805. The van der Waals surface area contributed by atoms with Gasteiger partial charge in [-0.3, -0.25) is 0 Å². The molecular formula is C13H20N2O2S. The predicted octanol–water partition coefficient (Wildman–Crippen LogP) is 3.11. The fraction of sp³-hybridized carbons (Fsp3) is 0.615. The van der Waals surface area contributed by atoms with Crippen molar-refractivity contribution < 1.29 is 9.53 Å². The van der Waals surface area contributed by atoms with Gasteiger partial charge in [0.25, 0.3) is 0 Å². The zero-order valence-electron chi connectivity index (χ0n) is 11.1. The minimum absolute atomic E-state index is 0.0588. The number of carbonyl (C=O) groups is 1. The molecule has 0 saturated heterocycles. The fourth-order valence-corrected chi connectivity index (χ4v) is 3.09. The summed E-state index contributed by atoms with van der Waals surface area (Å²) in [4.78, 5) is 12.2. The number of hydrogen-bond donors (Lipinski definition) is 2. The molecule has 18 heavy (non-hydrogen) atoms. The van der Waals surface area contributed by atoms with Crippen molar-refractivity contribution in [3.8, 4) is 0 Å². The van der Waals surface area contributed by atoms with Crippen molar-refractivity contribution in [2.24, 2.45) is 5.92 Å². The molecule has 0 spiro atoms. The molecule has 0 aromatic carbocycles. The number of thiophene rings is 1. The Morgan fingerprint density at radius 1 is 1.61 bits per heavy atom. The Balaban J connectivity index is 2.10. The van der Waals surface area contributed by atoms with Crippen molar-refractivity contribution in [3.05, 3.63) is 10.9 Å². The van der Waals surface area contributed by atoms with Crippen LogP contribution in [0.4, 0.5) is 10.7 Å². The van der Waals surface area contributed by atoms with E-state index in [4.69, 9.17) is 10.5 Å². The number of carbonyl (C=O) groups excluding carboxylic acids is 1. The first-order chi connectivity index (χ1) is 8.44. The lowest BCUT2D eigenvalue weighted by Crippen LogP contribution is -2.32. The SMILES string of the molecule is CCOC(=O)c1sc(NC(C)(C)C2CC2)cc1N. The van der Waals surface area contributed by atoms with Gasteiger partial charge in [-0.1, -0.05) is 0 Å². The Bertz CT molecular complexity index is 450. The van der Waals surface area contributed by atoms with Crippen LogP contribution in [0.2, 0.25) is 0 Å². The average molecular weight is 268 g/mol. The van der Waals surface area contributed by atoms with Crippen LogP contribution in [0.3, 0.4) is 0 Å². The highest BCUT2D eigenvalue weighted by molar-refractivity contribution is 7.18. The largest absolute Gasteiger partial charge is 0.462 e. The number of rotatable bonds is 5. The van der Waals surface area contributed by atoms with Gasteiger partial charge in [-0.15, -0.1) is 11.3 Å². The normalized spacial score (nSPS) is 15.5. The van der Waals surface area contributed by atoms with E-state index in [1.807, 2.05) is 6.07 Å². The highest BCUT2D eigenvalue weighted by Gasteiger charge is 2.38. The van der Waals surface area contributed by atoms with Gasteiger partial charge in [0, 0.05) is 5.54 Å². The maximum absolute atomic E-state index is 11.7. The Morgan fingerprint density at radius 2 is 2.28 bits per heavy atom. The number of nitrogen functional groups attached to an aromatic ring is 1. The van der Waals surface area contributed by atoms with Crippen LogP contribution in [0.15, 0.2) is 6.07 Å². The van der Waals surface area contributed by atoms with E-state index in [-0.39, 0.29) is 11.5 Å². The third kappa shape index (κ3) is 2.77. The molecule has 1 saturated carbocycles. The number of esters is 1. The molecule has 0 unspecified atom stereocenters. The first-order valence-electron chi connectivity index (χ1n) is 6.28. The lowest BCUT2D eigenvalue weighted by molar-refractivity contribution is 0.0533. The van der Waals surface area contributed by atoms with Crippen molar-refractivity contribution in [1.82, 2.24) is 0 Å². The summed E-state index contributed by atoms with van der Waals surface area (Å²) in [6.45, 7) is 6.53. The van der Waals surface area contributed by atoms with E-state index in [0.29, 0.717) is 23.1 Å². The second-order valence-corrected chi connectivity index (χ2v) is 6.29. The van der Waals surface area contributed by atoms with Gasteiger partial charge in [-0.2, -0.15) is 0 Å². The van der Waals surface area contributed by atoms with Crippen molar-refractivity contribution in [2.75, 3.05) is 17.7 Å². The van der Waals surface area contributed by atoms with E-state index >= 15 is 0 Å². The van der Waals surface area contributed by atoms with Gasteiger partial charge in [-0.05, 0) is 45.6 Å². The second kappa shape index (κ2) is 4.80. The molecule has 3 N–H and O–H groups in total. The van der Waals surface area contributed by atoms with Crippen molar-refractivity contribution in [2.45, 2.75) is 39.2 Å². The van der Waals surface area contributed by atoms with E-state index in [9.17, 15) is 4.79 Å². The van der Waals surface area contributed by atoms with E-state index in [1.54, 1.807) is 6.92 Å². The molecule has 0 radical (unpaired) electrons. The van der Waals surface area contributed by atoms with Gasteiger partial charge in [0.1, 0.15) is 4.88 Å². The van der Waals surface area contributed by atoms with Gasteiger partial charge in [0.2, 0.25) is 0 Å². The summed E-state index contributed by atoms with van der Waals surface area (Å²) >= 11 is 1.37. The Hall–Kier alpha value is -1.23. The molecule has 1 aliphatic carbocycles. The summed E-state index contributed by atoms with van der Waals surface area (Å²) < 4.78 is 4.98. The molecule has 1 fully saturated rings. The van der Waals surface area contributed by atoms with E-state index in [2.05, 4.69) is 19.2 Å². The molecule has 1 heterocycles. The number of ether oxygens (including phenoxy) is 1. The summed E-state index contributed by atoms with van der Waals surface area (Å²) in [5, 5.41) is 4.41. The molecule has 4 nitrogen and oxygen atoms in total. The molecule has 2 rings (SSSR count). The highest BCUT2D eigenvalue weighted by atomic mass is 32.1. The lowest BCUT2D eigenvalue weighted by Gasteiger charge is -2.26. The van der Waals surface area contributed by atoms with Gasteiger partial charge >= 0.3 is 5.97 Å². The van der Waals surface area contributed by atoms with Crippen LogP contribution in [0, 0.1) is 5.92 Å². The molecule has 0 amide bonds. The van der Waals surface area contributed by atoms with Crippen LogP contribution in [0.1, 0.15) is 43.3 Å². The fourth-order valence-electron chi connectivity index (χ4n) is 2.05. The number of anilines is 2. The van der Waals surface area contributed by atoms with E-state index in [1.165, 1.54) is 24.2 Å².